The van der Waals surface area contributed by atoms with Crippen LogP contribution in [-0.2, 0) is 0 Å². The lowest BCUT2D eigenvalue weighted by atomic mass is 9.90. The highest BCUT2D eigenvalue weighted by Gasteiger charge is 2.33. The van der Waals surface area contributed by atoms with Crippen LogP contribution >= 0.6 is 0 Å². The van der Waals surface area contributed by atoms with Crippen molar-refractivity contribution in [2.24, 2.45) is 5.92 Å². The summed E-state index contributed by atoms with van der Waals surface area (Å²) in [6.45, 7) is 5.95. The Hall–Kier alpha value is -0.300. The SMILES string of the molecule is CC1=CCC(C)C1(C)O. The van der Waals surface area contributed by atoms with Gasteiger partial charge in [-0.25, -0.2) is 0 Å². The van der Waals surface area contributed by atoms with Crippen molar-refractivity contribution in [3.8, 4) is 0 Å². The normalized spacial score (nSPS) is 43.1. The number of hydrogen-bond acceptors (Lipinski definition) is 1. The Morgan fingerprint density at radius 2 is 2.33 bits per heavy atom. The minimum Gasteiger partial charge on any atom is -0.386 e. The number of hydrogen-bond donors (Lipinski definition) is 1. The van der Waals surface area contributed by atoms with E-state index in [9.17, 15) is 5.11 Å². The molecule has 1 rings (SSSR count). The van der Waals surface area contributed by atoms with E-state index in [-0.39, 0.29) is 0 Å². The van der Waals surface area contributed by atoms with E-state index >= 15 is 0 Å². The van der Waals surface area contributed by atoms with Gasteiger partial charge in [0.05, 0.1) is 5.60 Å². The number of rotatable bonds is 0. The summed E-state index contributed by atoms with van der Waals surface area (Å²) in [4.78, 5) is 0. The van der Waals surface area contributed by atoms with Crippen molar-refractivity contribution < 1.29 is 5.11 Å². The number of allylic oxidation sites excluding steroid dienone is 1. The summed E-state index contributed by atoms with van der Waals surface area (Å²) in [5, 5.41) is 9.66. The van der Waals surface area contributed by atoms with Crippen molar-refractivity contribution in [2.75, 3.05) is 0 Å². The first-order valence-electron chi connectivity index (χ1n) is 3.44. The largest absolute Gasteiger partial charge is 0.386 e. The van der Waals surface area contributed by atoms with Crippen LogP contribution in [0.2, 0.25) is 0 Å². The molecule has 0 aromatic rings. The molecule has 0 aliphatic heterocycles. The van der Waals surface area contributed by atoms with Gasteiger partial charge in [-0.05, 0) is 31.8 Å². The Balaban J connectivity index is 2.81. The van der Waals surface area contributed by atoms with Crippen LogP contribution in [0.4, 0.5) is 0 Å². The number of aliphatic hydroxyl groups is 1. The Labute approximate surface area is 56.4 Å². The molecular formula is C8H14O. The van der Waals surface area contributed by atoms with Crippen LogP contribution in [-0.4, -0.2) is 10.7 Å². The van der Waals surface area contributed by atoms with E-state index in [0.717, 1.165) is 12.0 Å². The van der Waals surface area contributed by atoms with E-state index in [4.69, 9.17) is 0 Å². The summed E-state index contributed by atoms with van der Waals surface area (Å²) in [6, 6.07) is 0. The lowest BCUT2D eigenvalue weighted by Crippen LogP contribution is -2.29. The molecule has 0 aromatic carbocycles. The molecule has 1 nitrogen and oxygen atoms in total. The second kappa shape index (κ2) is 1.84. The molecule has 0 fully saturated rings. The minimum absolute atomic E-state index is 0.400. The molecule has 1 aliphatic carbocycles. The van der Waals surface area contributed by atoms with Crippen molar-refractivity contribution in [1.82, 2.24) is 0 Å². The zero-order chi connectivity index (χ0) is 7.07. The van der Waals surface area contributed by atoms with E-state index in [1.165, 1.54) is 0 Å². The molecule has 2 atom stereocenters. The van der Waals surface area contributed by atoms with Crippen molar-refractivity contribution in [2.45, 2.75) is 32.8 Å². The molecule has 1 aliphatic rings. The molecule has 0 saturated carbocycles. The monoisotopic (exact) mass is 126 g/mol. The van der Waals surface area contributed by atoms with E-state index in [1.807, 2.05) is 13.8 Å². The van der Waals surface area contributed by atoms with Crippen molar-refractivity contribution >= 4 is 0 Å². The van der Waals surface area contributed by atoms with E-state index in [0.29, 0.717) is 5.92 Å². The highest BCUT2D eigenvalue weighted by atomic mass is 16.3. The van der Waals surface area contributed by atoms with E-state index in [2.05, 4.69) is 13.0 Å². The zero-order valence-electron chi connectivity index (χ0n) is 6.31. The van der Waals surface area contributed by atoms with Gasteiger partial charge in [0.1, 0.15) is 0 Å². The Morgan fingerprint density at radius 3 is 2.44 bits per heavy atom. The van der Waals surface area contributed by atoms with Gasteiger partial charge in [0, 0.05) is 0 Å². The smallest absolute Gasteiger partial charge is 0.0854 e. The van der Waals surface area contributed by atoms with E-state index in [1.54, 1.807) is 0 Å². The molecule has 1 N–H and O–H groups in total. The molecule has 9 heavy (non-hydrogen) atoms. The molecule has 0 radical (unpaired) electrons. The maximum Gasteiger partial charge on any atom is 0.0854 e. The van der Waals surface area contributed by atoms with Gasteiger partial charge in [0.25, 0.3) is 0 Å². The predicted octanol–water partition coefficient (Wildman–Crippen LogP) is 1.72. The lowest BCUT2D eigenvalue weighted by Gasteiger charge is -2.24. The fraction of sp³-hybridized carbons (Fsp3) is 0.750. The van der Waals surface area contributed by atoms with Crippen molar-refractivity contribution in [3.05, 3.63) is 11.6 Å². The van der Waals surface area contributed by atoms with E-state index < -0.39 is 5.60 Å². The van der Waals surface area contributed by atoms with Gasteiger partial charge in [0.15, 0.2) is 0 Å². The fourth-order valence-electron chi connectivity index (χ4n) is 1.18. The Bertz CT molecular complexity index is 145. The molecule has 2 unspecified atom stereocenters. The van der Waals surface area contributed by atoms with Crippen LogP contribution in [0.3, 0.4) is 0 Å². The lowest BCUT2D eigenvalue weighted by molar-refractivity contribution is 0.0554. The average Bonchev–Trinajstić information content (AvgIpc) is 1.96. The van der Waals surface area contributed by atoms with Crippen molar-refractivity contribution in [1.29, 1.82) is 0 Å². The second-order valence-corrected chi connectivity index (χ2v) is 3.17. The van der Waals surface area contributed by atoms with Gasteiger partial charge in [0.2, 0.25) is 0 Å². The maximum absolute atomic E-state index is 9.66. The van der Waals surface area contributed by atoms with Gasteiger partial charge in [-0.2, -0.15) is 0 Å². The van der Waals surface area contributed by atoms with Crippen LogP contribution in [0.1, 0.15) is 27.2 Å². The van der Waals surface area contributed by atoms with Gasteiger partial charge in [-0.1, -0.05) is 13.0 Å². The molecule has 0 spiro atoms. The molecule has 0 saturated heterocycles. The average molecular weight is 126 g/mol. The van der Waals surface area contributed by atoms with Crippen molar-refractivity contribution in [3.63, 3.8) is 0 Å². The second-order valence-electron chi connectivity index (χ2n) is 3.17. The van der Waals surface area contributed by atoms with Gasteiger partial charge < -0.3 is 5.11 Å². The summed E-state index contributed by atoms with van der Waals surface area (Å²) < 4.78 is 0. The van der Waals surface area contributed by atoms with Crippen LogP contribution in [0.15, 0.2) is 11.6 Å². The predicted molar refractivity (Wildman–Crippen MR) is 38.2 cm³/mol. The van der Waals surface area contributed by atoms with Gasteiger partial charge >= 0.3 is 0 Å². The summed E-state index contributed by atoms with van der Waals surface area (Å²) in [5.41, 5.74) is 0.593. The molecule has 0 amide bonds. The molecule has 0 bridgehead atoms. The highest BCUT2D eigenvalue weighted by Crippen LogP contribution is 2.34. The minimum atomic E-state index is -0.528. The standard InChI is InChI=1S/C8H14O/c1-6-4-5-7(2)8(6,3)9/h4,7,9H,5H2,1-3H3. The quantitative estimate of drug-likeness (QED) is 0.490. The third kappa shape index (κ3) is 0.897. The van der Waals surface area contributed by atoms with Crippen LogP contribution < -0.4 is 0 Å². The molecular weight excluding hydrogens is 112 g/mol. The summed E-state index contributed by atoms with van der Waals surface area (Å²) in [7, 11) is 0. The van der Waals surface area contributed by atoms with Gasteiger partial charge in [-0.15, -0.1) is 0 Å². The first-order valence-corrected chi connectivity index (χ1v) is 3.44. The molecule has 1 heteroatoms. The third-order valence-corrected chi connectivity index (χ3v) is 2.54. The molecule has 52 valence electrons. The summed E-state index contributed by atoms with van der Waals surface area (Å²) in [6.07, 6.45) is 3.14. The topological polar surface area (TPSA) is 20.2 Å². The highest BCUT2D eigenvalue weighted by molar-refractivity contribution is 5.20. The maximum atomic E-state index is 9.66. The third-order valence-electron chi connectivity index (χ3n) is 2.54. The Morgan fingerprint density at radius 1 is 1.78 bits per heavy atom. The van der Waals surface area contributed by atoms with Crippen LogP contribution in [0.5, 0.6) is 0 Å². The molecule has 0 aromatic heterocycles. The van der Waals surface area contributed by atoms with Gasteiger partial charge in [-0.3, -0.25) is 0 Å². The zero-order valence-corrected chi connectivity index (χ0v) is 6.31. The first-order chi connectivity index (χ1) is 4.05. The van der Waals surface area contributed by atoms with Crippen LogP contribution in [0, 0.1) is 5.92 Å². The van der Waals surface area contributed by atoms with Crippen LogP contribution in [0.25, 0.3) is 0 Å². The summed E-state index contributed by atoms with van der Waals surface area (Å²) >= 11 is 0. The summed E-state index contributed by atoms with van der Waals surface area (Å²) in [5.74, 6) is 0.400. The fourth-order valence-corrected chi connectivity index (χ4v) is 1.18. The molecule has 0 heterocycles. The Kier molecular flexibility index (Phi) is 1.39. The first kappa shape index (κ1) is 6.81.